The number of nitrogens with one attached hydrogen (secondary N) is 1. The van der Waals surface area contributed by atoms with Crippen LogP contribution in [0.3, 0.4) is 0 Å². The average molecular weight is 292 g/mol. The lowest BCUT2D eigenvalue weighted by Crippen LogP contribution is -2.33. The predicted molar refractivity (Wildman–Crippen MR) is 75.1 cm³/mol. The van der Waals surface area contributed by atoms with Crippen LogP contribution in [-0.4, -0.2) is 17.7 Å². The third kappa shape index (κ3) is 5.19. The highest BCUT2D eigenvalue weighted by Crippen LogP contribution is 2.29. The zero-order chi connectivity index (χ0) is 12.8. The predicted octanol–water partition coefficient (Wildman–Crippen LogP) is 4.00. The van der Waals surface area contributed by atoms with E-state index in [0.717, 1.165) is 11.3 Å². The molecule has 17 heavy (non-hydrogen) atoms. The number of carbonyl (C=O) groups excluding carboxylic acids is 1. The van der Waals surface area contributed by atoms with Gasteiger partial charge in [0.15, 0.2) is 0 Å². The maximum absolute atomic E-state index is 11.6. The van der Waals surface area contributed by atoms with E-state index >= 15 is 0 Å². The molecule has 1 aromatic carbocycles. The van der Waals surface area contributed by atoms with E-state index in [4.69, 9.17) is 23.2 Å². The van der Waals surface area contributed by atoms with Gasteiger partial charge in [0.2, 0.25) is 5.91 Å². The third-order valence-electron chi connectivity index (χ3n) is 2.27. The Balaban J connectivity index is 2.50. The molecule has 0 aromatic heterocycles. The lowest BCUT2D eigenvalue weighted by atomic mass is 10.3. The molecule has 0 bridgehead atoms. The molecule has 0 aliphatic heterocycles. The smallest absolute Gasteiger partial charge is 0.230 e. The molecule has 0 saturated heterocycles. The summed E-state index contributed by atoms with van der Waals surface area (Å²) in [6.45, 7) is 4.01. The largest absolute Gasteiger partial charge is 0.353 e. The van der Waals surface area contributed by atoms with Gasteiger partial charge in [-0.15, -0.1) is 11.8 Å². The summed E-state index contributed by atoms with van der Waals surface area (Å²) in [7, 11) is 0. The Morgan fingerprint density at radius 1 is 1.47 bits per heavy atom. The molecule has 2 nitrogen and oxygen atoms in total. The third-order valence-corrected chi connectivity index (χ3v) is 4.00. The first kappa shape index (κ1) is 14.7. The quantitative estimate of drug-likeness (QED) is 0.831. The minimum absolute atomic E-state index is 0.0143. The normalized spacial score (nSPS) is 12.2. The molecule has 94 valence electrons. The molecule has 0 heterocycles. The van der Waals surface area contributed by atoms with Gasteiger partial charge in [-0.3, -0.25) is 4.79 Å². The minimum atomic E-state index is 0.0143. The first-order valence-corrected chi connectivity index (χ1v) is 7.14. The highest BCUT2D eigenvalue weighted by molar-refractivity contribution is 8.00. The fraction of sp³-hybridized carbons (Fsp3) is 0.417. The summed E-state index contributed by atoms with van der Waals surface area (Å²) in [6, 6.07) is 5.44. The van der Waals surface area contributed by atoms with Crippen molar-refractivity contribution in [3.05, 3.63) is 28.2 Å². The molecule has 0 aliphatic carbocycles. The summed E-state index contributed by atoms with van der Waals surface area (Å²) in [5, 5.41) is 4.14. The Labute approximate surface area is 116 Å². The molecular formula is C12H15Cl2NOS. The first-order valence-electron chi connectivity index (χ1n) is 5.40. The van der Waals surface area contributed by atoms with Gasteiger partial charge in [-0.25, -0.2) is 0 Å². The molecule has 1 N–H and O–H groups in total. The molecule has 0 spiro atoms. The van der Waals surface area contributed by atoms with Crippen LogP contribution in [0, 0.1) is 0 Å². The molecular weight excluding hydrogens is 277 g/mol. The molecule has 1 aromatic rings. The number of rotatable bonds is 5. The molecule has 0 fully saturated rings. The van der Waals surface area contributed by atoms with Gasteiger partial charge >= 0.3 is 0 Å². The van der Waals surface area contributed by atoms with Gasteiger partial charge in [0.25, 0.3) is 0 Å². The van der Waals surface area contributed by atoms with Gasteiger partial charge in [-0.05, 0) is 31.5 Å². The van der Waals surface area contributed by atoms with E-state index in [1.165, 1.54) is 11.8 Å². The van der Waals surface area contributed by atoms with Crippen molar-refractivity contribution in [2.75, 3.05) is 5.75 Å². The fourth-order valence-electron chi connectivity index (χ4n) is 1.15. The van der Waals surface area contributed by atoms with Gasteiger partial charge in [-0.1, -0.05) is 30.1 Å². The molecule has 0 saturated carbocycles. The SMILES string of the molecule is CCC(C)NC(=O)CSc1cc(Cl)ccc1Cl. The van der Waals surface area contributed by atoms with Crippen LogP contribution in [-0.2, 0) is 4.79 Å². The van der Waals surface area contributed by atoms with Crippen molar-refractivity contribution in [2.24, 2.45) is 0 Å². The summed E-state index contributed by atoms with van der Waals surface area (Å²) in [5.74, 6) is 0.366. The van der Waals surface area contributed by atoms with E-state index in [-0.39, 0.29) is 11.9 Å². The number of carbonyl (C=O) groups is 1. The van der Waals surface area contributed by atoms with Crippen LogP contribution in [0.1, 0.15) is 20.3 Å². The van der Waals surface area contributed by atoms with E-state index in [2.05, 4.69) is 5.32 Å². The number of hydrogen-bond acceptors (Lipinski definition) is 2. The number of benzene rings is 1. The van der Waals surface area contributed by atoms with Crippen molar-refractivity contribution in [1.82, 2.24) is 5.32 Å². The molecule has 5 heteroatoms. The van der Waals surface area contributed by atoms with Crippen molar-refractivity contribution >= 4 is 40.9 Å². The van der Waals surface area contributed by atoms with Gasteiger partial charge in [-0.2, -0.15) is 0 Å². The Hall–Kier alpha value is -0.380. The molecule has 1 rings (SSSR count). The van der Waals surface area contributed by atoms with Gasteiger partial charge in [0.05, 0.1) is 10.8 Å². The van der Waals surface area contributed by atoms with Crippen molar-refractivity contribution in [2.45, 2.75) is 31.2 Å². The maximum atomic E-state index is 11.6. The highest BCUT2D eigenvalue weighted by Gasteiger charge is 2.08. The summed E-state index contributed by atoms with van der Waals surface area (Å²) < 4.78 is 0. The van der Waals surface area contributed by atoms with Crippen LogP contribution >= 0.6 is 35.0 Å². The monoisotopic (exact) mass is 291 g/mol. The van der Waals surface area contributed by atoms with Gasteiger partial charge in [0.1, 0.15) is 0 Å². The van der Waals surface area contributed by atoms with Crippen LogP contribution in [0.4, 0.5) is 0 Å². The van der Waals surface area contributed by atoms with E-state index in [0.29, 0.717) is 15.8 Å². The van der Waals surface area contributed by atoms with Crippen LogP contribution in [0.5, 0.6) is 0 Å². The fourth-order valence-corrected chi connectivity index (χ4v) is 2.45. The molecule has 1 atom stereocenters. The second kappa shape index (κ2) is 7.14. The standard InChI is InChI=1S/C12H15Cl2NOS/c1-3-8(2)15-12(16)7-17-11-6-9(13)4-5-10(11)14/h4-6,8H,3,7H2,1-2H3,(H,15,16). The first-order chi connectivity index (χ1) is 8.02. The number of halogens is 2. The molecule has 1 amide bonds. The summed E-state index contributed by atoms with van der Waals surface area (Å²) >= 11 is 13.3. The summed E-state index contributed by atoms with van der Waals surface area (Å²) in [4.78, 5) is 12.4. The van der Waals surface area contributed by atoms with Crippen molar-refractivity contribution in [1.29, 1.82) is 0 Å². The zero-order valence-electron chi connectivity index (χ0n) is 9.80. The van der Waals surface area contributed by atoms with Crippen molar-refractivity contribution in [3.8, 4) is 0 Å². The van der Waals surface area contributed by atoms with Crippen molar-refractivity contribution < 1.29 is 4.79 Å². The lowest BCUT2D eigenvalue weighted by Gasteiger charge is -2.11. The van der Waals surface area contributed by atoms with E-state index in [1.807, 2.05) is 13.8 Å². The van der Waals surface area contributed by atoms with Gasteiger partial charge in [0, 0.05) is 16.0 Å². The van der Waals surface area contributed by atoms with Crippen molar-refractivity contribution in [3.63, 3.8) is 0 Å². The highest BCUT2D eigenvalue weighted by atomic mass is 35.5. The summed E-state index contributed by atoms with van der Waals surface area (Å²) in [6.07, 6.45) is 0.925. The second-order valence-electron chi connectivity index (χ2n) is 3.74. The Bertz CT molecular complexity index is 398. The zero-order valence-corrected chi connectivity index (χ0v) is 12.1. The molecule has 0 aliphatic rings. The number of thioether (sulfide) groups is 1. The summed E-state index contributed by atoms with van der Waals surface area (Å²) in [5.41, 5.74) is 0. The average Bonchev–Trinajstić information content (AvgIpc) is 2.30. The van der Waals surface area contributed by atoms with Crippen LogP contribution in [0.2, 0.25) is 10.0 Å². The topological polar surface area (TPSA) is 29.1 Å². The maximum Gasteiger partial charge on any atom is 0.230 e. The van der Waals surface area contributed by atoms with Crippen LogP contribution in [0.15, 0.2) is 23.1 Å². The Kier molecular flexibility index (Phi) is 6.17. The number of hydrogen-bond donors (Lipinski definition) is 1. The molecule has 1 unspecified atom stereocenters. The minimum Gasteiger partial charge on any atom is -0.353 e. The van der Waals surface area contributed by atoms with E-state index in [9.17, 15) is 4.79 Å². The number of amides is 1. The van der Waals surface area contributed by atoms with E-state index < -0.39 is 0 Å². The van der Waals surface area contributed by atoms with Crippen LogP contribution < -0.4 is 5.32 Å². The Morgan fingerprint density at radius 2 is 2.18 bits per heavy atom. The van der Waals surface area contributed by atoms with Crippen LogP contribution in [0.25, 0.3) is 0 Å². The molecule has 0 radical (unpaired) electrons. The Morgan fingerprint density at radius 3 is 2.82 bits per heavy atom. The van der Waals surface area contributed by atoms with Gasteiger partial charge < -0.3 is 5.32 Å². The second-order valence-corrected chi connectivity index (χ2v) is 5.60. The lowest BCUT2D eigenvalue weighted by molar-refractivity contribution is -0.119. The van der Waals surface area contributed by atoms with E-state index in [1.54, 1.807) is 18.2 Å².